The fraction of sp³-hybridized carbons (Fsp3) is 0.722. The molecule has 10 heteroatoms. The second-order valence-corrected chi connectivity index (χ2v) is 7.82. The van der Waals surface area contributed by atoms with Crippen molar-refractivity contribution in [1.82, 2.24) is 19.6 Å². The molecule has 1 amide bonds. The van der Waals surface area contributed by atoms with Crippen molar-refractivity contribution in [3.05, 3.63) is 32.8 Å². The van der Waals surface area contributed by atoms with Gasteiger partial charge in [0.25, 0.3) is 17.0 Å². The number of alkyl halides is 2. The van der Waals surface area contributed by atoms with Crippen molar-refractivity contribution in [3.63, 3.8) is 0 Å². The Balaban J connectivity index is 1.56. The number of β-amino-alcohol motifs (C(OH)–C–C–N with tert-alkyl or cyclic N) is 1. The summed E-state index contributed by atoms with van der Waals surface area (Å²) in [6, 6.07) is 2.21. The molecule has 0 bridgehead atoms. The highest BCUT2D eigenvalue weighted by Gasteiger charge is 2.38. The van der Waals surface area contributed by atoms with Crippen LogP contribution in [0.15, 0.2) is 21.7 Å². The molecule has 0 aromatic carbocycles. The van der Waals surface area contributed by atoms with Gasteiger partial charge in [-0.1, -0.05) is 0 Å². The summed E-state index contributed by atoms with van der Waals surface area (Å²) in [6.45, 7) is 1.30. The molecule has 156 valence electrons. The largest absolute Gasteiger partial charge is 0.388 e. The molecule has 0 aliphatic carbocycles. The van der Waals surface area contributed by atoms with Crippen LogP contribution < -0.4 is 11.1 Å². The number of aromatic nitrogens is 2. The normalized spacial score (nSPS) is 26.0. The van der Waals surface area contributed by atoms with Crippen LogP contribution in [-0.2, 0) is 11.3 Å². The van der Waals surface area contributed by atoms with E-state index in [2.05, 4.69) is 5.10 Å². The number of rotatable bonds is 4. The fourth-order valence-corrected chi connectivity index (χ4v) is 3.86. The number of nitrogens with one attached hydrogen (secondary N) is 1. The number of carbonyl (C=O) groups excluding carboxylic acids is 1. The van der Waals surface area contributed by atoms with Gasteiger partial charge in [-0.15, -0.1) is 0 Å². The van der Waals surface area contributed by atoms with Crippen LogP contribution in [0.25, 0.3) is 0 Å². The molecule has 3 rings (SSSR count). The monoisotopic (exact) mass is 400 g/mol. The first-order valence-electron chi connectivity index (χ1n) is 9.56. The van der Waals surface area contributed by atoms with Gasteiger partial charge in [-0.3, -0.25) is 19.5 Å². The quantitative estimate of drug-likeness (QED) is 0.742. The number of H-pyrrole nitrogens is 1. The summed E-state index contributed by atoms with van der Waals surface area (Å²) in [4.78, 5) is 39.1. The summed E-state index contributed by atoms with van der Waals surface area (Å²) in [5.74, 6) is -2.94. The molecule has 2 aliphatic heterocycles. The number of amides is 1. The zero-order valence-corrected chi connectivity index (χ0v) is 15.7. The minimum Gasteiger partial charge on any atom is -0.388 e. The first-order valence-corrected chi connectivity index (χ1v) is 9.56. The molecule has 8 nitrogen and oxygen atoms in total. The Morgan fingerprint density at radius 1 is 1.07 bits per heavy atom. The summed E-state index contributed by atoms with van der Waals surface area (Å²) >= 11 is 0. The zero-order valence-electron chi connectivity index (χ0n) is 15.7. The molecule has 2 fully saturated rings. The van der Waals surface area contributed by atoms with Gasteiger partial charge < -0.3 is 14.9 Å². The lowest BCUT2D eigenvalue weighted by molar-refractivity contribution is -0.132. The first kappa shape index (κ1) is 20.7. The molecule has 2 aliphatic rings. The molecule has 0 spiro atoms. The lowest BCUT2D eigenvalue weighted by Gasteiger charge is -2.37. The molecule has 0 saturated carbocycles. The number of piperidine rings is 1. The van der Waals surface area contributed by atoms with Crippen LogP contribution in [0.1, 0.15) is 32.1 Å². The molecule has 3 heterocycles. The van der Waals surface area contributed by atoms with Crippen LogP contribution in [0.2, 0.25) is 0 Å². The van der Waals surface area contributed by atoms with Gasteiger partial charge in [0.15, 0.2) is 0 Å². The maximum Gasteiger partial charge on any atom is 0.265 e. The van der Waals surface area contributed by atoms with Gasteiger partial charge in [-0.25, -0.2) is 13.5 Å². The number of hydrogen-bond donors (Lipinski definition) is 2. The van der Waals surface area contributed by atoms with Crippen molar-refractivity contribution in [2.45, 2.75) is 50.2 Å². The molecule has 1 atom stereocenters. The Hall–Kier alpha value is -2.07. The summed E-state index contributed by atoms with van der Waals surface area (Å²) in [7, 11) is 0. The zero-order chi connectivity index (χ0) is 20.4. The highest BCUT2D eigenvalue weighted by Crippen LogP contribution is 2.30. The molecule has 28 heavy (non-hydrogen) atoms. The number of carbonyl (C=O) groups is 1. The van der Waals surface area contributed by atoms with Crippen LogP contribution in [0.4, 0.5) is 8.78 Å². The third kappa shape index (κ3) is 5.26. The van der Waals surface area contributed by atoms with E-state index in [1.807, 2.05) is 4.90 Å². The van der Waals surface area contributed by atoms with E-state index < -0.39 is 22.6 Å². The van der Waals surface area contributed by atoms with Gasteiger partial charge in [0.1, 0.15) is 6.54 Å². The molecule has 0 unspecified atom stereocenters. The first-order chi connectivity index (χ1) is 13.2. The van der Waals surface area contributed by atoms with Crippen LogP contribution in [0, 0.1) is 0 Å². The molecule has 1 aromatic heterocycles. The van der Waals surface area contributed by atoms with Crippen molar-refractivity contribution < 1.29 is 18.7 Å². The average Bonchev–Trinajstić information content (AvgIpc) is 2.82. The Morgan fingerprint density at radius 2 is 1.79 bits per heavy atom. The van der Waals surface area contributed by atoms with Gasteiger partial charge in [0, 0.05) is 57.7 Å². The molecular weight excluding hydrogens is 374 g/mol. The summed E-state index contributed by atoms with van der Waals surface area (Å²) < 4.78 is 27.6. The highest BCUT2D eigenvalue weighted by molar-refractivity contribution is 5.75. The fourth-order valence-electron chi connectivity index (χ4n) is 3.86. The standard InChI is InChI=1S/C18H26F2N4O4/c19-18(20)6-9-22(10-7-18)13-17(28)4-1-8-23(11-5-17)16(27)12-24-15(26)3-2-14(25)21-24/h2-3,28H,1,4-13H2,(H,21,25)/t17-/m1/s1. The summed E-state index contributed by atoms with van der Waals surface area (Å²) in [6.07, 6.45) is 1.000. The summed E-state index contributed by atoms with van der Waals surface area (Å²) in [5, 5.41) is 13.3. The maximum atomic E-state index is 13.3. The van der Waals surface area contributed by atoms with E-state index in [-0.39, 0.29) is 38.4 Å². The van der Waals surface area contributed by atoms with Crippen LogP contribution in [-0.4, -0.2) is 74.8 Å². The molecule has 0 radical (unpaired) electrons. The maximum absolute atomic E-state index is 13.3. The second-order valence-electron chi connectivity index (χ2n) is 7.82. The number of hydrogen-bond acceptors (Lipinski definition) is 5. The van der Waals surface area contributed by atoms with E-state index in [4.69, 9.17) is 0 Å². The second kappa shape index (κ2) is 8.12. The van der Waals surface area contributed by atoms with Crippen LogP contribution in [0.5, 0.6) is 0 Å². The molecule has 2 saturated heterocycles. The van der Waals surface area contributed by atoms with Gasteiger partial charge in [-0.2, -0.15) is 0 Å². The van der Waals surface area contributed by atoms with Crippen molar-refractivity contribution >= 4 is 5.91 Å². The SMILES string of the molecule is O=C(Cn1[nH]c(=O)ccc1=O)N1CCC[C@](O)(CN2CCC(F)(F)CC2)CC1. The van der Waals surface area contributed by atoms with Crippen LogP contribution >= 0.6 is 0 Å². The average molecular weight is 400 g/mol. The van der Waals surface area contributed by atoms with Gasteiger partial charge in [-0.05, 0) is 19.3 Å². The minimum absolute atomic E-state index is 0.197. The lowest BCUT2D eigenvalue weighted by Crippen LogP contribution is -2.48. The van der Waals surface area contributed by atoms with Crippen molar-refractivity contribution in [2.75, 3.05) is 32.7 Å². The van der Waals surface area contributed by atoms with Crippen LogP contribution in [0.3, 0.4) is 0 Å². The van der Waals surface area contributed by atoms with E-state index in [0.717, 1.165) is 16.8 Å². The summed E-state index contributed by atoms with van der Waals surface area (Å²) in [5.41, 5.74) is -1.97. The van der Waals surface area contributed by atoms with Crippen molar-refractivity contribution in [2.24, 2.45) is 0 Å². The Kier molecular flexibility index (Phi) is 5.99. The predicted molar refractivity (Wildman–Crippen MR) is 97.3 cm³/mol. The van der Waals surface area contributed by atoms with Gasteiger partial charge in [0.2, 0.25) is 5.91 Å². The van der Waals surface area contributed by atoms with Crippen molar-refractivity contribution in [3.8, 4) is 0 Å². The Labute approximate surface area is 160 Å². The number of nitrogens with zero attached hydrogens (tertiary/aromatic N) is 3. The molecular formula is C18H26F2N4O4. The van der Waals surface area contributed by atoms with Gasteiger partial charge in [0.05, 0.1) is 5.60 Å². The number of halogens is 2. The van der Waals surface area contributed by atoms with Gasteiger partial charge >= 0.3 is 0 Å². The van der Waals surface area contributed by atoms with E-state index in [0.29, 0.717) is 38.9 Å². The lowest BCUT2D eigenvalue weighted by atomic mass is 9.93. The number of likely N-dealkylation sites (tertiary alicyclic amines) is 2. The minimum atomic E-state index is -2.62. The smallest absolute Gasteiger partial charge is 0.265 e. The number of aliphatic hydroxyl groups is 1. The third-order valence-corrected chi connectivity index (χ3v) is 5.56. The van der Waals surface area contributed by atoms with E-state index in [1.54, 1.807) is 4.90 Å². The van der Waals surface area contributed by atoms with E-state index in [1.165, 1.54) is 0 Å². The predicted octanol–water partition coefficient (Wildman–Crippen LogP) is 0.0113. The van der Waals surface area contributed by atoms with E-state index in [9.17, 15) is 28.3 Å². The Bertz CT molecular complexity index is 814. The highest BCUT2D eigenvalue weighted by atomic mass is 19.3. The number of aromatic amines is 1. The molecule has 2 N–H and O–H groups in total. The Morgan fingerprint density at radius 3 is 2.50 bits per heavy atom. The third-order valence-electron chi connectivity index (χ3n) is 5.56. The molecule has 1 aromatic rings. The van der Waals surface area contributed by atoms with E-state index >= 15 is 0 Å². The topological polar surface area (TPSA) is 98.6 Å². The van der Waals surface area contributed by atoms with Crippen molar-refractivity contribution in [1.29, 1.82) is 0 Å².